The van der Waals surface area contributed by atoms with Crippen LogP contribution in [0, 0.1) is 5.92 Å². The van der Waals surface area contributed by atoms with Gasteiger partial charge in [-0.2, -0.15) is 0 Å². The SMILES string of the molecule is c1cc(N2CCNC(C3CC3)C2)c2cnccc2c1. The number of pyridine rings is 1. The van der Waals surface area contributed by atoms with Crippen molar-refractivity contribution < 1.29 is 0 Å². The van der Waals surface area contributed by atoms with E-state index in [1.807, 2.05) is 12.4 Å². The molecule has 1 aromatic carbocycles. The van der Waals surface area contributed by atoms with E-state index in [2.05, 4.69) is 39.5 Å². The van der Waals surface area contributed by atoms with Crippen LogP contribution in [-0.2, 0) is 0 Å². The van der Waals surface area contributed by atoms with E-state index in [1.165, 1.54) is 29.3 Å². The summed E-state index contributed by atoms with van der Waals surface area (Å²) in [4.78, 5) is 6.82. The molecule has 2 aromatic rings. The molecular formula is C16H19N3. The molecule has 0 amide bonds. The Morgan fingerprint density at radius 3 is 3.05 bits per heavy atom. The number of fused-ring (bicyclic) bond motifs is 1. The number of hydrogen-bond acceptors (Lipinski definition) is 3. The van der Waals surface area contributed by atoms with Crippen LogP contribution < -0.4 is 10.2 Å². The van der Waals surface area contributed by atoms with E-state index in [0.717, 1.165) is 25.6 Å². The molecule has 0 bridgehead atoms. The zero-order valence-corrected chi connectivity index (χ0v) is 11.0. The van der Waals surface area contributed by atoms with Gasteiger partial charge < -0.3 is 10.2 Å². The van der Waals surface area contributed by atoms with Crippen molar-refractivity contribution in [3.8, 4) is 0 Å². The summed E-state index contributed by atoms with van der Waals surface area (Å²) in [6.45, 7) is 3.33. The lowest BCUT2D eigenvalue weighted by Crippen LogP contribution is -2.51. The van der Waals surface area contributed by atoms with Crippen molar-refractivity contribution in [2.24, 2.45) is 5.92 Å². The van der Waals surface area contributed by atoms with E-state index in [9.17, 15) is 0 Å². The largest absolute Gasteiger partial charge is 0.368 e. The number of piperazine rings is 1. The van der Waals surface area contributed by atoms with Gasteiger partial charge in [0.25, 0.3) is 0 Å². The third-order valence-electron chi connectivity index (χ3n) is 4.40. The maximum Gasteiger partial charge on any atom is 0.0462 e. The number of nitrogens with one attached hydrogen (secondary N) is 1. The number of anilines is 1. The highest BCUT2D eigenvalue weighted by atomic mass is 15.2. The van der Waals surface area contributed by atoms with Gasteiger partial charge in [-0.25, -0.2) is 0 Å². The van der Waals surface area contributed by atoms with Crippen molar-refractivity contribution in [3.05, 3.63) is 36.7 Å². The fraction of sp³-hybridized carbons (Fsp3) is 0.438. The average Bonchev–Trinajstić information content (AvgIpc) is 3.31. The minimum absolute atomic E-state index is 0.681. The van der Waals surface area contributed by atoms with Gasteiger partial charge in [0.05, 0.1) is 0 Å². The summed E-state index contributed by atoms with van der Waals surface area (Å²) >= 11 is 0. The highest BCUT2D eigenvalue weighted by Crippen LogP contribution is 2.35. The summed E-state index contributed by atoms with van der Waals surface area (Å²) in [5.74, 6) is 0.913. The van der Waals surface area contributed by atoms with Gasteiger partial charge in [0.2, 0.25) is 0 Å². The Bertz CT molecular complexity index is 586. The molecule has 2 heterocycles. The molecule has 3 nitrogen and oxygen atoms in total. The Morgan fingerprint density at radius 2 is 2.16 bits per heavy atom. The molecule has 2 fully saturated rings. The van der Waals surface area contributed by atoms with Gasteiger partial charge in [-0.05, 0) is 36.3 Å². The number of nitrogens with zero attached hydrogens (tertiary/aromatic N) is 2. The molecule has 1 N–H and O–H groups in total. The zero-order chi connectivity index (χ0) is 12.7. The van der Waals surface area contributed by atoms with Crippen molar-refractivity contribution in [1.29, 1.82) is 0 Å². The molecule has 4 rings (SSSR count). The summed E-state index contributed by atoms with van der Waals surface area (Å²) in [7, 11) is 0. The number of hydrogen-bond donors (Lipinski definition) is 1. The molecule has 19 heavy (non-hydrogen) atoms. The summed E-state index contributed by atoms with van der Waals surface area (Å²) < 4.78 is 0. The van der Waals surface area contributed by atoms with Crippen molar-refractivity contribution in [3.63, 3.8) is 0 Å². The smallest absolute Gasteiger partial charge is 0.0462 e. The third kappa shape index (κ3) is 2.08. The maximum atomic E-state index is 4.29. The minimum Gasteiger partial charge on any atom is -0.368 e. The lowest BCUT2D eigenvalue weighted by molar-refractivity contribution is 0.419. The topological polar surface area (TPSA) is 28.2 Å². The first-order chi connectivity index (χ1) is 9.42. The van der Waals surface area contributed by atoms with E-state index in [4.69, 9.17) is 0 Å². The molecule has 98 valence electrons. The fourth-order valence-corrected chi connectivity index (χ4v) is 3.18. The molecule has 1 atom stereocenters. The normalized spacial score (nSPS) is 23.8. The Hall–Kier alpha value is -1.61. The molecule has 1 aliphatic carbocycles. The third-order valence-corrected chi connectivity index (χ3v) is 4.40. The number of benzene rings is 1. The molecule has 2 aliphatic rings. The van der Waals surface area contributed by atoms with Gasteiger partial charge in [-0.15, -0.1) is 0 Å². The van der Waals surface area contributed by atoms with Crippen molar-refractivity contribution in [2.45, 2.75) is 18.9 Å². The second-order valence-corrected chi connectivity index (χ2v) is 5.72. The highest BCUT2D eigenvalue weighted by molar-refractivity contribution is 5.93. The fourth-order valence-electron chi connectivity index (χ4n) is 3.18. The number of aromatic nitrogens is 1. The van der Waals surface area contributed by atoms with Crippen LogP contribution in [-0.4, -0.2) is 30.7 Å². The van der Waals surface area contributed by atoms with E-state index < -0.39 is 0 Å². The van der Waals surface area contributed by atoms with Crippen LogP contribution in [0.15, 0.2) is 36.7 Å². The monoisotopic (exact) mass is 253 g/mol. The molecule has 3 heteroatoms. The second kappa shape index (κ2) is 4.49. The Labute approximate surface area is 113 Å². The molecule has 1 aromatic heterocycles. The predicted octanol–water partition coefficient (Wildman–Crippen LogP) is 2.42. The van der Waals surface area contributed by atoms with Crippen LogP contribution in [0.5, 0.6) is 0 Å². The van der Waals surface area contributed by atoms with Crippen LogP contribution in [0.3, 0.4) is 0 Å². The van der Waals surface area contributed by atoms with E-state index in [-0.39, 0.29) is 0 Å². The first-order valence-corrected chi connectivity index (χ1v) is 7.23. The highest BCUT2D eigenvalue weighted by Gasteiger charge is 2.34. The summed E-state index contributed by atoms with van der Waals surface area (Å²) in [6, 6.07) is 9.34. The first-order valence-electron chi connectivity index (χ1n) is 7.23. The van der Waals surface area contributed by atoms with Crippen molar-refractivity contribution >= 4 is 16.5 Å². The van der Waals surface area contributed by atoms with Crippen LogP contribution in [0.4, 0.5) is 5.69 Å². The van der Waals surface area contributed by atoms with Gasteiger partial charge in [0.15, 0.2) is 0 Å². The number of rotatable bonds is 2. The van der Waals surface area contributed by atoms with Crippen LogP contribution in [0.25, 0.3) is 10.8 Å². The lowest BCUT2D eigenvalue weighted by atomic mass is 10.1. The van der Waals surface area contributed by atoms with Crippen LogP contribution in [0.1, 0.15) is 12.8 Å². The molecule has 0 radical (unpaired) electrons. The van der Waals surface area contributed by atoms with Crippen molar-refractivity contribution in [2.75, 3.05) is 24.5 Å². The summed E-state index contributed by atoms with van der Waals surface area (Å²) in [6.07, 6.45) is 6.68. The lowest BCUT2D eigenvalue weighted by Gasteiger charge is -2.36. The van der Waals surface area contributed by atoms with Gasteiger partial charge >= 0.3 is 0 Å². The molecule has 1 saturated heterocycles. The second-order valence-electron chi connectivity index (χ2n) is 5.72. The Balaban J connectivity index is 1.69. The Morgan fingerprint density at radius 1 is 1.21 bits per heavy atom. The van der Waals surface area contributed by atoms with Crippen LogP contribution >= 0.6 is 0 Å². The van der Waals surface area contributed by atoms with Crippen LogP contribution in [0.2, 0.25) is 0 Å². The van der Waals surface area contributed by atoms with E-state index in [1.54, 1.807) is 0 Å². The molecule has 0 spiro atoms. The van der Waals surface area contributed by atoms with Gasteiger partial charge in [0, 0.05) is 49.1 Å². The van der Waals surface area contributed by atoms with Gasteiger partial charge in [-0.1, -0.05) is 12.1 Å². The Kier molecular flexibility index (Phi) is 2.66. The zero-order valence-electron chi connectivity index (χ0n) is 11.0. The standard InChI is InChI=1S/C16H19N3/c1-2-12-6-7-17-10-14(12)16(3-1)19-9-8-18-15(11-19)13-4-5-13/h1-3,6-7,10,13,15,18H,4-5,8-9,11H2. The first kappa shape index (κ1) is 11.2. The molecule has 1 saturated carbocycles. The summed E-state index contributed by atoms with van der Waals surface area (Å²) in [5, 5.41) is 6.24. The quantitative estimate of drug-likeness (QED) is 0.891. The van der Waals surface area contributed by atoms with E-state index in [0.29, 0.717) is 6.04 Å². The molecule has 1 aliphatic heterocycles. The molecular weight excluding hydrogens is 234 g/mol. The maximum absolute atomic E-state index is 4.29. The summed E-state index contributed by atoms with van der Waals surface area (Å²) in [5.41, 5.74) is 1.35. The van der Waals surface area contributed by atoms with E-state index >= 15 is 0 Å². The molecule has 1 unspecified atom stereocenters. The van der Waals surface area contributed by atoms with Crippen molar-refractivity contribution in [1.82, 2.24) is 10.3 Å². The van der Waals surface area contributed by atoms with Gasteiger partial charge in [0.1, 0.15) is 0 Å². The predicted molar refractivity (Wildman–Crippen MR) is 78.5 cm³/mol. The minimum atomic E-state index is 0.681. The average molecular weight is 253 g/mol. The van der Waals surface area contributed by atoms with Gasteiger partial charge in [-0.3, -0.25) is 4.98 Å².